The second-order valence-corrected chi connectivity index (χ2v) is 3.11. The van der Waals surface area contributed by atoms with Crippen LogP contribution in [0.2, 0.25) is 0 Å². The number of ketones is 1. The molecule has 3 heteroatoms. The first-order valence-electron chi connectivity index (χ1n) is 4.62. The largest absolute Gasteiger partial charge is 0.396 e. The van der Waals surface area contributed by atoms with E-state index in [1.807, 2.05) is 6.92 Å². The summed E-state index contributed by atoms with van der Waals surface area (Å²) < 4.78 is 0. The van der Waals surface area contributed by atoms with Crippen LogP contribution in [0.25, 0.3) is 0 Å². The van der Waals surface area contributed by atoms with Gasteiger partial charge in [0.2, 0.25) is 0 Å². The molecule has 0 aromatic carbocycles. The van der Waals surface area contributed by atoms with E-state index in [2.05, 4.69) is 0 Å². The predicted octanol–water partition coefficient (Wildman–Crippen LogP) is 1.05. The standard InChI is InChI=1S/C10H18O3/c1-9(4-2-6-11)8-10(13)5-3-7-12/h8,11-12H,2-7H2,1H3/b9-8-. The molecule has 0 aliphatic heterocycles. The van der Waals surface area contributed by atoms with Crippen molar-refractivity contribution in [1.29, 1.82) is 0 Å². The number of carbonyl (C=O) groups is 1. The highest BCUT2D eigenvalue weighted by atomic mass is 16.3. The Bertz CT molecular complexity index is 173. The van der Waals surface area contributed by atoms with Crippen molar-refractivity contribution in [2.24, 2.45) is 0 Å². The molecule has 0 aliphatic carbocycles. The molecule has 76 valence electrons. The molecule has 0 radical (unpaired) electrons. The van der Waals surface area contributed by atoms with E-state index in [0.717, 1.165) is 12.0 Å². The smallest absolute Gasteiger partial charge is 0.155 e. The van der Waals surface area contributed by atoms with E-state index in [-0.39, 0.29) is 19.0 Å². The van der Waals surface area contributed by atoms with Crippen molar-refractivity contribution in [3.8, 4) is 0 Å². The SMILES string of the molecule is C/C(=C/C(=O)CCCO)CCCO. The van der Waals surface area contributed by atoms with Crippen LogP contribution in [-0.2, 0) is 4.79 Å². The summed E-state index contributed by atoms with van der Waals surface area (Å²) in [5.74, 6) is 0.0597. The van der Waals surface area contributed by atoms with Crippen molar-refractivity contribution >= 4 is 5.78 Å². The number of rotatable bonds is 7. The number of carbonyl (C=O) groups excluding carboxylic acids is 1. The van der Waals surface area contributed by atoms with Gasteiger partial charge >= 0.3 is 0 Å². The number of hydrogen-bond donors (Lipinski definition) is 2. The van der Waals surface area contributed by atoms with Crippen LogP contribution in [0.3, 0.4) is 0 Å². The maximum Gasteiger partial charge on any atom is 0.155 e. The quantitative estimate of drug-likeness (QED) is 0.584. The lowest BCUT2D eigenvalue weighted by Crippen LogP contribution is -1.96. The molecule has 0 saturated heterocycles. The number of aliphatic hydroxyl groups excluding tert-OH is 2. The molecule has 0 amide bonds. The van der Waals surface area contributed by atoms with Crippen LogP contribution in [0.1, 0.15) is 32.6 Å². The van der Waals surface area contributed by atoms with Crippen molar-refractivity contribution in [3.05, 3.63) is 11.6 Å². The van der Waals surface area contributed by atoms with Crippen molar-refractivity contribution in [2.75, 3.05) is 13.2 Å². The highest BCUT2D eigenvalue weighted by Crippen LogP contribution is 2.04. The van der Waals surface area contributed by atoms with Crippen LogP contribution in [0.5, 0.6) is 0 Å². The molecule has 0 saturated carbocycles. The van der Waals surface area contributed by atoms with Gasteiger partial charge in [0.25, 0.3) is 0 Å². The molecule has 0 fully saturated rings. The summed E-state index contributed by atoms with van der Waals surface area (Å²) in [6.45, 7) is 2.11. The maximum absolute atomic E-state index is 11.1. The molecule has 0 atom stereocenters. The van der Waals surface area contributed by atoms with Crippen LogP contribution < -0.4 is 0 Å². The zero-order chi connectivity index (χ0) is 10.1. The van der Waals surface area contributed by atoms with E-state index < -0.39 is 0 Å². The minimum Gasteiger partial charge on any atom is -0.396 e. The van der Waals surface area contributed by atoms with Crippen LogP contribution in [0.4, 0.5) is 0 Å². The summed E-state index contributed by atoms with van der Waals surface area (Å²) in [4.78, 5) is 11.1. The van der Waals surface area contributed by atoms with Crippen molar-refractivity contribution in [3.63, 3.8) is 0 Å². The van der Waals surface area contributed by atoms with Gasteiger partial charge in [-0.05, 0) is 32.3 Å². The Morgan fingerprint density at radius 3 is 2.23 bits per heavy atom. The average molecular weight is 186 g/mol. The Morgan fingerprint density at radius 1 is 1.15 bits per heavy atom. The second-order valence-electron chi connectivity index (χ2n) is 3.11. The third-order valence-corrected chi connectivity index (χ3v) is 1.72. The summed E-state index contributed by atoms with van der Waals surface area (Å²) in [6, 6.07) is 0. The van der Waals surface area contributed by atoms with Gasteiger partial charge in [0, 0.05) is 19.6 Å². The minimum absolute atomic E-state index is 0.0597. The van der Waals surface area contributed by atoms with Crippen molar-refractivity contribution in [1.82, 2.24) is 0 Å². The van der Waals surface area contributed by atoms with E-state index in [1.54, 1.807) is 6.08 Å². The molecule has 0 rings (SSSR count). The second kappa shape index (κ2) is 7.95. The van der Waals surface area contributed by atoms with Crippen LogP contribution in [-0.4, -0.2) is 29.2 Å². The van der Waals surface area contributed by atoms with Gasteiger partial charge in [-0.3, -0.25) is 4.79 Å². The molecule has 13 heavy (non-hydrogen) atoms. The fourth-order valence-corrected chi connectivity index (χ4v) is 1.03. The summed E-state index contributed by atoms with van der Waals surface area (Å²) in [5, 5.41) is 17.0. The van der Waals surface area contributed by atoms with Gasteiger partial charge < -0.3 is 10.2 Å². The first kappa shape index (κ1) is 12.3. The Kier molecular flexibility index (Phi) is 7.54. The molecule has 0 aromatic rings. The predicted molar refractivity (Wildman–Crippen MR) is 51.4 cm³/mol. The molecular formula is C10H18O3. The Hall–Kier alpha value is -0.670. The minimum atomic E-state index is 0.0597. The topological polar surface area (TPSA) is 57.5 Å². The summed E-state index contributed by atoms with van der Waals surface area (Å²) in [6.07, 6.45) is 4.01. The van der Waals surface area contributed by atoms with Crippen LogP contribution in [0, 0.1) is 0 Å². The van der Waals surface area contributed by atoms with E-state index >= 15 is 0 Å². The van der Waals surface area contributed by atoms with E-state index in [1.165, 1.54) is 0 Å². The molecule has 0 spiro atoms. The molecule has 0 aromatic heterocycles. The van der Waals surface area contributed by atoms with Gasteiger partial charge in [-0.1, -0.05) is 5.57 Å². The molecule has 3 nitrogen and oxygen atoms in total. The lowest BCUT2D eigenvalue weighted by Gasteiger charge is -1.98. The number of allylic oxidation sites excluding steroid dienone is 2. The van der Waals surface area contributed by atoms with Gasteiger partial charge in [-0.2, -0.15) is 0 Å². The fraction of sp³-hybridized carbons (Fsp3) is 0.700. The first-order valence-corrected chi connectivity index (χ1v) is 4.62. The van der Waals surface area contributed by atoms with Crippen LogP contribution in [0.15, 0.2) is 11.6 Å². The normalized spacial score (nSPS) is 11.8. The lowest BCUT2D eigenvalue weighted by atomic mass is 10.1. The van der Waals surface area contributed by atoms with Crippen LogP contribution >= 0.6 is 0 Å². The molecule has 0 bridgehead atoms. The van der Waals surface area contributed by atoms with E-state index in [9.17, 15) is 4.79 Å². The maximum atomic E-state index is 11.1. The number of aliphatic hydroxyl groups is 2. The van der Waals surface area contributed by atoms with Crippen molar-refractivity contribution in [2.45, 2.75) is 32.6 Å². The Labute approximate surface area is 79.1 Å². The summed E-state index contributed by atoms with van der Waals surface area (Å²) in [7, 11) is 0. The average Bonchev–Trinajstić information content (AvgIpc) is 2.11. The van der Waals surface area contributed by atoms with Gasteiger partial charge in [-0.25, -0.2) is 0 Å². The fourth-order valence-electron chi connectivity index (χ4n) is 1.03. The third kappa shape index (κ3) is 7.68. The van der Waals surface area contributed by atoms with Gasteiger partial charge in [0.05, 0.1) is 0 Å². The first-order chi connectivity index (χ1) is 6.20. The van der Waals surface area contributed by atoms with Crippen molar-refractivity contribution < 1.29 is 15.0 Å². The van der Waals surface area contributed by atoms with Gasteiger partial charge in [0.1, 0.15) is 0 Å². The summed E-state index contributed by atoms with van der Waals surface area (Å²) >= 11 is 0. The lowest BCUT2D eigenvalue weighted by molar-refractivity contribution is -0.114. The van der Waals surface area contributed by atoms with E-state index in [0.29, 0.717) is 19.3 Å². The summed E-state index contributed by atoms with van der Waals surface area (Å²) in [5.41, 5.74) is 0.997. The van der Waals surface area contributed by atoms with E-state index in [4.69, 9.17) is 10.2 Å². The zero-order valence-corrected chi connectivity index (χ0v) is 8.12. The Morgan fingerprint density at radius 2 is 1.69 bits per heavy atom. The highest BCUT2D eigenvalue weighted by Gasteiger charge is 1.98. The van der Waals surface area contributed by atoms with Gasteiger partial charge in [0.15, 0.2) is 5.78 Å². The number of hydrogen-bond acceptors (Lipinski definition) is 3. The molecule has 0 aliphatic rings. The molecule has 0 unspecified atom stereocenters. The zero-order valence-electron chi connectivity index (χ0n) is 8.12. The Balaban J connectivity index is 3.70. The third-order valence-electron chi connectivity index (χ3n) is 1.72. The monoisotopic (exact) mass is 186 g/mol. The highest BCUT2D eigenvalue weighted by molar-refractivity contribution is 5.90. The molecular weight excluding hydrogens is 168 g/mol. The van der Waals surface area contributed by atoms with Gasteiger partial charge in [-0.15, -0.1) is 0 Å². The molecule has 0 heterocycles. The molecule has 2 N–H and O–H groups in total.